The number of benzene rings is 2. The number of hydrogen-bond donors (Lipinski definition) is 1. The van der Waals surface area contributed by atoms with Crippen LogP contribution in [0.15, 0.2) is 94.1 Å². The Labute approximate surface area is 282 Å². The van der Waals surface area contributed by atoms with Crippen LogP contribution >= 0.6 is 43.5 Å². The van der Waals surface area contributed by atoms with Crippen LogP contribution in [0.4, 0.5) is 4.39 Å². The van der Waals surface area contributed by atoms with Crippen LogP contribution in [-0.2, 0) is 30.4 Å². The van der Waals surface area contributed by atoms with Crippen LogP contribution in [0, 0.1) is 0 Å². The number of aliphatic hydroxyl groups excluding tert-OH is 1. The number of ether oxygens (including phenoxy) is 3. The summed E-state index contributed by atoms with van der Waals surface area (Å²) in [5.74, 6) is 2.28. The third-order valence-corrected chi connectivity index (χ3v) is 6.01. The number of aromatic nitrogens is 2. The second kappa shape index (κ2) is 24.1. The molecule has 1 N–H and O–H groups in total. The molecule has 2 heterocycles. The van der Waals surface area contributed by atoms with E-state index in [9.17, 15) is 4.39 Å². The minimum Gasteiger partial charge on any atom is -1.00 e. The van der Waals surface area contributed by atoms with Gasteiger partial charge in [-0.1, -0.05) is 56.1 Å². The fourth-order valence-corrected chi connectivity index (χ4v) is 3.72. The maximum Gasteiger partial charge on any atom is 1.00 e. The molecule has 11 heteroatoms. The molecule has 0 aliphatic rings. The molecule has 0 amide bonds. The Morgan fingerprint density at radius 1 is 0.825 bits per heavy atom. The molecule has 0 saturated carbocycles. The van der Waals surface area contributed by atoms with Crippen molar-refractivity contribution >= 4 is 43.5 Å². The zero-order valence-corrected chi connectivity index (χ0v) is 28.6. The largest absolute Gasteiger partial charge is 1.00 e. The molecule has 40 heavy (non-hydrogen) atoms. The molecule has 4 rings (SSSR count). The Bertz CT molecular complexity index is 1200. The van der Waals surface area contributed by atoms with Crippen molar-refractivity contribution in [3.63, 3.8) is 0 Å². The number of rotatable bonds is 8. The summed E-state index contributed by atoms with van der Waals surface area (Å²) in [5.41, 5.74) is 3.83. The van der Waals surface area contributed by atoms with Crippen LogP contribution in [0.25, 0.3) is 0 Å². The Hall–Kier alpha value is -1.56. The van der Waals surface area contributed by atoms with E-state index < -0.39 is 7.15 Å². The number of alkyl halides is 2. The Balaban J connectivity index is 0. The summed E-state index contributed by atoms with van der Waals surface area (Å²) in [5, 5.41) is 8.58. The predicted molar refractivity (Wildman–Crippen MR) is 162 cm³/mol. The average molecular weight is 712 g/mol. The molecule has 0 unspecified atom stereocenters. The standard InChI is InChI=1S/C14H14BrNO2.C8H9ClO.C6H6BrNO.CH3F.Na.H/c1-17-14-4-2-11(3-5-14)9-18-10-13-8-12(15)6-7-16-13;1-10-8-4-2-7(6-9)3-5-8;7-5-1-2-8-6(3-5)4-9;1-2;;/h2-8H,9-10H2,1H3;2-5H,6H2,1H3;1-3,9H,4H2;1H3;;/q;;;;+1;-1/i;;;1D;;. The summed E-state index contributed by atoms with van der Waals surface area (Å²) < 4.78 is 33.1. The Morgan fingerprint density at radius 3 is 1.68 bits per heavy atom. The molecule has 0 bridgehead atoms. The molecule has 0 aliphatic heterocycles. The quantitative estimate of drug-likeness (QED) is 0.204. The fraction of sp³-hybridized carbons (Fsp3) is 0.241. The van der Waals surface area contributed by atoms with Crippen LogP contribution in [0.1, 0.15) is 25.3 Å². The van der Waals surface area contributed by atoms with E-state index in [-0.39, 0.29) is 37.6 Å². The second-order valence-corrected chi connectivity index (χ2v) is 9.51. The van der Waals surface area contributed by atoms with Crippen LogP contribution in [0.2, 0.25) is 0 Å². The summed E-state index contributed by atoms with van der Waals surface area (Å²) in [7, 11) is 2.31. The van der Waals surface area contributed by atoms with E-state index in [0.29, 0.717) is 24.8 Å². The summed E-state index contributed by atoms with van der Waals surface area (Å²) in [4.78, 5) is 8.10. The molecular formula is C29H33Br2ClFN2NaO4. The zero-order chi connectivity index (χ0) is 29.6. The monoisotopic (exact) mass is 709 g/mol. The van der Waals surface area contributed by atoms with Gasteiger partial charge in [0.05, 0.1) is 54.0 Å². The van der Waals surface area contributed by atoms with Crippen molar-refractivity contribution < 1.29 is 56.1 Å². The third kappa shape index (κ3) is 16.6. The molecule has 2 aromatic carbocycles. The maximum absolute atomic E-state index is 9.96. The molecule has 0 atom stereocenters. The van der Waals surface area contributed by atoms with Gasteiger partial charge in [0.2, 0.25) is 0 Å². The van der Waals surface area contributed by atoms with E-state index in [1.165, 1.54) is 0 Å². The molecular weight excluding hydrogens is 678 g/mol. The van der Waals surface area contributed by atoms with E-state index >= 15 is 0 Å². The van der Waals surface area contributed by atoms with Crippen LogP contribution < -0.4 is 39.0 Å². The SMILES string of the molecule is COc1ccc(CCl)cc1.COc1ccc(COCc2cc(Br)ccn2)cc1.OCc1cc(Br)ccn1.[2H]CF.[H-].[Na+]. The topological polar surface area (TPSA) is 73.7 Å². The number of methoxy groups -OCH3 is 2. The molecule has 0 radical (unpaired) electrons. The minimum absolute atomic E-state index is 0. The van der Waals surface area contributed by atoms with Gasteiger partial charge >= 0.3 is 29.6 Å². The first-order chi connectivity index (χ1) is 19.4. The van der Waals surface area contributed by atoms with Gasteiger partial charge in [0, 0.05) is 27.2 Å². The van der Waals surface area contributed by atoms with Crippen molar-refractivity contribution in [2.24, 2.45) is 0 Å². The molecule has 0 aliphatic carbocycles. The van der Waals surface area contributed by atoms with Gasteiger partial charge < -0.3 is 20.7 Å². The summed E-state index contributed by atoms with van der Waals surface area (Å²) >= 11 is 12.2. The van der Waals surface area contributed by atoms with Crippen molar-refractivity contribution in [2.45, 2.75) is 25.7 Å². The number of nitrogens with zero attached hydrogens (tertiary/aromatic N) is 2. The minimum atomic E-state index is -1.00. The van der Waals surface area contributed by atoms with Crippen molar-refractivity contribution in [1.82, 2.24) is 9.97 Å². The van der Waals surface area contributed by atoms with Gasteiger partial charge in [-0.2, -0.15) is 0 Å². The summed E-state index contributed by atoms with van der Waals surface area (Å²) in [6.45, 7) is 1.07. The summed E-state index contributed by atoms with van der Waals surface area (Å²) in [6.07, 6.45) is 3.41. The third-order valence-electron chi connectivity index (χ3n) is 4.71. The molecule has 212 valence electrons. The van der Waals surface area contributed by atoms with Crippen molar-refractivity contribution in [3.8, 4) is 11.5 Å². The van der Waals surface area contributed by atoms with Gasteiger partial charge in [-0.05, 0) is 59.7 Å². The van der Waals surface area contributed by atoms with Gasteiger partial charge in [-0.3, -0.25) is 14.4 Å². The van der Waals surface area contributed by atoms with Crippen molar-refractivity contribution in [1.29, 1.82) is 0 Å². The first kappa shape index (κ1) is 36.5. The van der Waals surface area contributed by atoms with E-state index in [4.69, 9.17) is 32.3 Å². The van der Waals surface area contributed by atoms with Gasteiger partial charge in [-0.25, -0.2) is 0 Å². The molecule has 6 nitrogen and oxygen atoms in total. The molecule has 2 aromatic heterocycles. The Kier molecular flexibility index (Phi) is 22.0. The fourth-order valence-electron chi connectivity index (χ4n) is 2.77. The van der Waals surface area contributed by atoms with E-state index in [1.807, 2.05) is 66.7 Å². The zero-order valence-electron chi connectivity index (χ0n) is 24.7. The van der Waals surface area contributed by atoms with Gasteiger partial charge in [0.1, 0.15) is 11.5 Å². The van der Waals surface area contributed by atoms with Crippen molar-refractivity contribution in [2.75, 3.05) is 21.4 Å². The predicted octanol–water partition coefficient (Wildman–Crippen LogP) is 5.04. The van der Waals surface area contributed by atoms with E-state index in [0.717, 1.165) is 37.3 Å². The molecule has 4 aromatic rings. The molecule has 0 fully saturated rings. The van der Waals surface area contributed by atoms with Crippen molar-refractivity contribution in [3.05, 3.63) is 117 Å². The first-order valence-electron chi connectivity index (χ1n) is 12.2. The summed E-state index contributed by atoms with van der Waals surface area (Å²) in [6, 6.07) is 23.0. The smallest absolute Gasteiger partial charge is 1.00 e. The van der Waals surface area contributed by atoms with Gasteiger partial charge in [0.15, 0.2) is 0 Å². The van der Waals surface area contributed by atoms with Crippen LogP contribution in [-0.4, -0.2) is 36.4 Å². The number of hydrogen-bond acceptors (Lipinski definition) is 6. The first-order valence-corrected chi connectivity index (χ1v) is 13.6. The molecule has 0 saturated heterocycles. The van der Waals surface area contributed by atoms with Gasteiger partial charge in [0.25, 0.3) is 0 Å². The normalized spacial score (nSPS) is 9.62. The van der Waals surface area contributed by atoms with E-state index in [1.54, 1.807) is 32.7 Å². The Morgan fingerprint density at radius 2 is 1.27 bits per heavy atom. The number of pyridine rings is 2. The van der Waals surface area contributed by atoms with Crippen LogP contribution in [0.3, 0.4) is 0 Å². The molecule has 0 spiro atoms. The number of aliphatic hydroxyl groups is 1. The second-order valence-electron chi connectivity index (χ2n) is 7.41. The number of halogens is 4. The van der Waals surface area contributed by atoms with Crippen LogP contribution in [0.5, 0.6) is 11.5 Å². The average Bonchev–Trinajstić information content (AvgIpc) is 2.99. The maximum atomic E-state index is 9.96. The van der Waals surface area contributed by atoms with E-state index in [2.05, 4.69) is 41.8 Å². The van der Waals surface area contributed by atoms with Gasteiger partial charge in [-0.15, -0.1) is 11.6 Å².